The van der Waals surface area contributed by atoms with E-state index >= 15 is 0 Å². The second-order valence-electron chi connectivity index (χ2n) is 9.24. The third-order valence-electron chi connectivity index (χ3n) is 6.09. The Hall–Kier alpha value is -3.71. The number of aliphatic hydroxyl groups is 1. The zero-order chi connectivity index (χ0) is 28.8. The molecule has 0 aliphatic heterocycles. The highest BCUT2D eigenvalue weighted by Gasteiger charge is 2.32. The lowest BCUT2D eigenvalue weighted by Gasteiger charge is -2.27. The van der Waals surface area contributed by atoms with Gasteiger partial charge in [-0.25, -0.2) is 4.79 Å². The highest BCUT2D eigenvalue weighted by Crippen LogP contribution is 2.11. The molecular weight excluding hydrogens is 494 g/mol. The molecule has 212 valence electrons. The molecule has 3 amide bonds. The molecule has 6 atom stereocenters. The molecule has 0 aliphatic rings. The molecule has 13 heteroatoms. The number of carboxylic acid groups (broad SMARTS) is 1. The number of aliphatic hydroxyl groups excluding tert-OH is 1. The van der Waals surface area contributed by atoms with Gasteiger partial charge in [-0.1, -0.05) is 50.6 Å². The molecule has 0 saturated heterocycles. The number of nitrogens with two attached hydrogens (primary N) is 3. The van der Waals surface area contributed by atoms with Crippen molar-refractivity contribution in [1.82, 2.24) is 16.0 Å². The predicted octanol–water partition coefficient (Wildman–Crippen LogP) is -1.42. The summed E-state index contributed by atoms with van der Waals surface area (Å²) in [6, 6.07) is 4.19. The van der Waals surface area contributed by atoms with E-state index in [4.69, 9.17) is 17.2 Å². The van der Waals surface area contributed by atoms with E-state index in [-0.39, 0.29) is 31.3 Å². The third-order valence-corrected chi connectivity index (χ3v) is 6.09. The van der Waals surface area contributed by atoms with Gasteiger partial charge in [0.15, 0.2) is 5.96 Å². The number of nitrogens with zero attached hydrogens (tertiary/aromatic N) is 1. The fraction of sp³-hybridized carbons (Fsp3) is 0.560. The molecule has 0 heterocycles. The number of rotatable bonds is 16. The lowest BCUT2D eigenvalue weighted by molar-refractivity contribution is -0.143. The van der Waals surface area contributed by atoms with Crippen molar-refractivity contribution in [1.29, 1.82) is 0 Å². The SMILES string of the molecule is CCC(C)C(NC(=O)C(Cc1ccccc1)NC(=O)C(CCCN=C(N)N)NC(=O)C(N)C(C)O)C(=O)O. The summed E-state index contributed by atoms with van der Waals surface area (Å²) < 4.78 is 0. The molecule has 0 aliphatic carbocycles. The molecule has 13 nitrogen and oxygen atoms in total. The number of carbonyl (C=O) groups excluding carboxylic acids is 3. The molecule has 38 heavy (non-hydrogen) atoms. The number of hydrogen-bond donors (Lipinski definition) is 8. The molecule has 0 aromatic heterocycles. The molecule has 0 fully saturated rings. The Morgan fingerprint density at radius 1 is 0.947 bits per heavy atom. The van der Waals surface area contributed by atoms with Crippen LogP contribution in [-0.2, 0) is 25.6 Å². The summed E-state index contributed by atoms with van der Waals surface area (Å²) in [5.41, 5.74) is 17.1. The van der Waals surface area contributed by atoms with Gasteiger partial charge in [0.25, 0.3) is 0 Å². The largest absolute Gasteiger partial charge is 0.480 e. The summed E-state index contributed by atoms with van der Waals surface area (Å²) in [6.07, 6.45) is -0.158. The Labute approximate surface area is 222 Å². The molecule has 1 rings (SSSR count). The molecule has 1 aromatic carbocycles. The van der Waals surface area contributed by atoms with Crippen molar-refractivity contribution >= 4 is 29.7 Å². The van der Waals surface area contributed by atoms with Gasteiger partial charge in [0.05, 0.1) is 6.10 Å². The van der Waals surface area contributed by atoms with Crippen LogP contribution in [-0.4, -0.2) is 76.7 Å². The van der Waals surface area contributed by atoms with Crippen molar-refractivity contribution in [2.45, 2.75) is 76.7 Å². The van der Waals surface area contributed by atoms with Crippen LogP contribution in [0.4, 0.5) is 0 Å². The van der Waals surface area contributed by atoms with Crippen LogP contribution in [0.1, 0.15) is 45.6 Å². The van der Waals surface area contributed by atoms with E-state index in [0.717, 1.165) is 5.56 Å². The van der Waals surface area contributed by atoms with Crippen LogP contribution in [0.15, 0.2) is 35.3 Å². The number of carbonyl (C=O) groups is 4. The maximum atomic E-state index is 13.3. The highest BCUT2D eigenvalue weighted by molar-refractivity contribution is 5.94. The maximum Gasteiger partial charge on any atom is 0.326 e. The zero-order valence-corrected chi connectivity index (χ0v) is 22.1. The Morgan fingerprint density at radius 2 is 1.53 bits per heavy atom. The van der Waals surface area contributed by atoms with Crippen molar-refractivity contribution in [2.24, 2.45) is 28.1 Å². The van der Waals surface area contributed by atoms with Crippen LogP contribution in [0.5, 0.6) is 0 Å². The van der Waals surface area contributed by atoms with Gasteiger partial charge < -0.3 is 43.4 Å². The number of amides is 3. The van der Waals surface area contributed by atoms with Gasteiger partial charge in [0.1, 0.15) is 24.2 Å². The van der Waals surface area contributed by atoms with E-state index < -0.39 is 54.0 Å². The number of guanidine groups is 1. The Morgan fingerprint density at radius 3 is 2.05 bits per heavy atom. The van der Waals surface area contributed by atoms with Gasteiger partial charge in [-0.3, -0.25) is 19.4 Å². The van der Waals surface area contributed by atoms with Crippen LogP contribution in [0.25, 0.3) is 0 Å². The quantitative estimate of drug-likeness (QED) is 0.0703. The van der Waals surface area contributed by atoms with Crippen molar-refractivity contribution in [3.8, 4) is 0 Å². The van der Waals surface area contributed by atoms with Gasteiger partial charge >= 0.3 is 5.97 Å². The molecule has 1 aromatic rings. The summed E-state index contributed by atoms with van der Waals surface area (Å²) in [4.78, 5) is 54.6. The van der Waals surface area contributed by atoms with Gasteiger partial charge in [0, 0.05) is 13.0 Å². The van der Waals surface area contributed by atoms with Crippen molar-refractivity contribution in [3.05, 3.63) is 35.9 Å². The number of nitrogens with one attached hydrogen (secondary N) is 3. The van der Waals surface area contributed by atoms with Crippen LogP contribution in [0.2, 0.25) is 0 Å². The molecule has 0 bridgehead atoms. The zero-order valence-electron chi connectivity index (χ0n) is 22.1. The van der Waals surface area contributed by atoms with E-state index in [1.165, 1.54) is 6.92 Å². The topological polar surface area (TPSA) is 235 Å². The van der Waals surface area contributed by atoms with Crippen LogP contribution in [0, 0.1) is 5.92 Å². The molecule has 6 unspecified atom stereocenters. The summed E-state index contributed by atoms with van der Waals surface area (Å²) in [6.45, 7) is 5.04. The molecule has 11 N–H and O–H groups in total. The Balaban J connectivity index is 3.18. The first-order valence-corrected chi connectivity index (χ1v) is 12.5. The Kier molecular flexibility index (Phi) is 13.8. The van der Waals surface area contributed by atoms with Gasteiger partial charge in [-0.15, -0.1) is 0 Å². The number of benzene rings is 1. The minimum atomic E-state index is -1.28. The normalized spacial score (nSPS) is 15.6. The Bertz CT molecular complexity index is 953. The first-order chi connectivity index (χ1) is 17.9. The minimum absolute atomic E-state index is 0.0765. The molecule has 0 spiro atoms. The number of hydrogen-bond acceptors (Lipinski definition) is 7. The maximum absolute atomic E-state index is 13.3. The number of carboxylic acids is 1. The minimum Gasteiger partial charge on any atom is -0.480 e. The lowest BCUT2D eigenvalue weighted by atomic mass is 9.98. The second-order valence-corrected chi connectivity index (χ2v) is 9.24. The summed E-state index contributed by atoms with van der Waals surface area (Å²) in [5, 5.41) is 27.0. The van der Waals surface area contributed by atoms with Crippen LogP contribution in [0.3, 0.4) is 0 Å². The standard InChI is InChI=1S/C25H41N7O6/c1-4-14(2)20(24(37)38)32-22(35)18(13-16-9-6-5-7-10-16)31-21(34)17(11-8-12-29-25(27)28)30-23(36)19(26)15(3)33/h5-7,9-10,14-15,17-20,33H,4,8,11-13,26H2,1-3H3,(H,30,36)(H,31,34)(H,32,35)(H,37,38)(H4,27,28,29). The van der Waals surface area contributed by atoms with Crippen molar-refractivity contribution in [3.63, 3.8) is 0 Å². The number of aliphatic imine (C=N–C) groups is 1. The summed E-state index contributed by atoms with van der Waals surface area (Å²) in [5.74, 6) is -3.79. The van der Waals surface area contributed by atoms with E-state index in [1.54, 1.807) is 37.3 Å². The van der Waals surface area contributed by atoms with Crippen LogP contribution >= 0.6 is 0 Å². The summed E-state index contributed by atoms with van der Waals surface area (Å²) >= 11 is 0. The molecule has 0 radical (unpaired) electrons. The lowest BCUT2D eigenvalue weighted by Crippen LogP contribution is -2.59. The first kappa shape index (κ1) is 32.3. The molecule has 0 saturated carbocycles. The predicted molar refractivity (Wildman–Crippen MR) is 143 cm³/mol. The number of aliphatic carboxylic acids is 1. The van der Waals surface area contributed by atoms with Crippen molar-refractivity contribution in [2.75, 3.05) is 6.54 Å². The first-order valence-electron chi connectivity index (χ1n) is 12.5. The van der Waals surface area contributed by atoms with E-state index in [9.17, 15) is 29.4 Å². The fourth-order valence-electron chi connectivity index (χ4n) is 3.53. The van der Waals surface area contributed by atoms with Crippen LogP contribution < -0.4 is 33.2 Å². The van der Waals surface area contributed by atoms with E-state index in [2.05, 4.69) is 20.9 Å². The van der Waals surface area contributed by atoms with Gasteiger partial charge in [0.2, 0.25) is 17.7 Å². The molecular formula is C25H41N7O6. The van der Waals surface area contributed by atoms with E-state index in [0.29, 0.717) is 12.8 Å². The monoisotopic (exact) mass is 535 g/mol. The average Bonchev–Trinajstić information content (AvgIpc) is 2.87. The van der Waals surface area contributed by atoms with Gasteiger partial charge in [-0.2, -0.15) is 0 Å². The third kappa shape index (κ3) is 11.1. The van der Waals surface area contributed by atoms with Crippen molar-refractivity contribution < 1.29 is 29.4 Å². The van der Waals surface area contributed by atoms with Gasteiger partial charge in [-0.05, 0) is 31.2 Å². The fourth-order valence-corrected chi connectivity index (χ4v) is 3.53. The second kappa shape index (κ2) is 16.2. The highest BCUT2D eigenvalue weighted by atomic mass is 16.4. The van der Waals surface area contributed by atoms with E-state index in [1.807, 2.05) is 6.92 Å². The summed E-state index contributed by atoms with van der Waals surface area (Å²) in [7, 11) is 0. The smallest absolute Gasteiger partial charge is 0.326 e. The average molecular weight is 536 g/mol.